The van der Waals surface area contributed by atoms with Crippen LogP contribution < -0.4 is 4.74 Å². The maximum absolute atomic E-state index is 9.09. The monoisotopic (exact) mass is 315 g/mol. The highest BCUT2D eigenvalue weighted by Crippen LogP contribution is 2.28. The SMILES string of the molecule is CC(C)c1ccc(Oc2ccc(Br)cc2C#N)cc1. The van der Waals surface area contributed by atoms with Gasteiger partial charge in [-0.05, 0) is 41.8 Å². The summed E-state index contributed by atoms with van der Waals surface area (Å²) < 4.78 is 6.61. The summed E-state index contributed by atoms with van der Waals surface area (Å²) in [4.78, 5) is 0. The lowest BCUT2D eigenvalue weighted by molar-refractivity contribution is 0.480. The average molecular weight is 316 g/mol. The number of halogens is 1. The molecule has 0 aliphatic rings. The van der Waals surface area contributed by atoms with Crippen molar-refractivity contribution in [2.75, 3.05) is 0 Å². The highest BCUT2D eigenvalue weighted by atomic mass is 79.9. The molecule has 2 aromatic carbocycles. The minimum atomic E-state index is 0.497. The quantitative estimate of drug-likeness (QED) is 0.776. The van der Waals surface area contributed by atoms with Crippen LogP contribution in [-0.4, -0.2) is 0 Å². The molecule has 0 heterocycles. The van der Waals surface area contributed by atoms with Crippen LogP contribution in [0.1, 0.15) is 30.9 Å². The van der Waals surface area contributed by atoms with Crippen LogP contribution in [0, 0.1) is 11.3 Å². The van der Waals surface area contributed by atoms with Crippen molar-refractivity contribution >= 4 is 15.9 Å². The fourth-order valence-corrected chi connectivity index (χ4v) is 2.09. The Bertz CT molecular complexity index is 612. The number of benzene rings is 2. The van der Waals surface area contributed by atoms with Crippen LogP contribution in [0.25, 0.3) is 0 Å². The first-order valence-corrected chi connectivity index (χ1v) is 6.87. The molecule has 0 saturated carbocycles. The van der Waals surface area contributed by atoms with Gasteiger partial charge in [-0.15, -0.1) is 0 Å². The zero-order valence-corrected chi connectivity index (χ0v) is 12.4. The lowest BCUT2D eigenvalue weighted by Crippen LogP contribution is -1.90. The lowest BCUT2D eigenvalue weighted by Gasteiger charge is -2.09. The molecule has 96 valence electrons. The molecule has 0 atom stereocenters. The Labute approximate surface area is 121 Å². The molecule has 19 heavy (non-hydrogen) atoms. The summed E-state index contributed by atoms with van der Waals surface area (Å²) in [5.41, 5.74) is 1.78. The van der Waals surface area contributed by atoms with Crippen molar-refractivity contribution < 1.29 is 4.74 Å². The molecule has 0 saturated heterocycles. The summed E-state index contributed by atoms with van der Waals surface area (Å²) in [7, 11) is 0. The second-order valence-electron chi connectivity index (χ2n) is 4.58. The number of ether oxygens (including phenoxy) is 1. The molecule has 0 bridgehead atoms. The smallest absolute Gasteiger partial charge is 0.145 e. The number of hydrogen-bond acceptors (Lipinski definition) is 2. The van der Waals surface area contributed by atoms with E-state index in [-0.39, 0.29) is 0 Å². The van der Waals surface area contributed by atoms with Gasteiger partial charge < -0.3 is 4.74 Å². The molecular weight excluding hydrogens is 302 g/mol. The maximum atomic E-state index is 9.09. The molecule has 0 unspecified atom stereocenters. The van der Waals surface area contributed by atoms with Crippen molar-refractivity contribution in [2.24, 2.45) is 0 Å². The summed E-state index contributed by atoms with van der Waals surface area (Å²) in [5.74, 6) is 1.81. The topological polar surface area (TPSA) is 33.0 Å². The molecule has 2 aromatic rings. The molecule has 0 aliphatic carbocycles. The molecule has 0 spiro atoms. The molecule has 0 aliphatic heterocycles. The van der Waals surface area contributed by atoms with Crippen LogP contribution in [0.4, 0.5) is 0 Å². The first-order chi connectivity index (χ1) is 9.10. The Hall–Kier alpha value is -1.79. The maximum Gasteiger partial charge on any atom is 0.145 e. The highest BCUT2D eigenvalue weighted by Gasteiger charge is 2.06. The van der Waals surface area contributed by atoms with Crippen molar-refractivity contribution in [3.05, 3.63) is 58.1 Å². The van der Waals surface area contributed by atoms with Gasteiger partial charge in [-0.25, -0.2) is 0 Å². The van der Waals surface area contributed by atoms with E-state index < -0.39 is 0 Å². The molecule has 0 radical (unpaired) electrons. The van der Waals surface area contributed by atoms with Crippen LogP contribution in [0.3, 0.4) is 0 Å². The summed E-state index contributed by atoms with van der Waals surface area (Å²) in [6.45, 7) is 4.30. The normalized spacial score (nSPS) is 10.3. The van der Waals surface area contributed by atoms with Gasteiger partial charge in [0.2, 0.25) is 0 Å². The summed E-state index contributed by atoms with van der Waals surface area (Å²) in [6.07, 6.45) is 0. The van der Waals surface area contributed by atoms with E-state index in [1.165, 1.54) is 5.56 Å². The average Bonchev–Trinajstić information content (AvgIpc) is 2.41. The predicted octanol–water partition coefficient (Wildman–Crippen LogP) is 5.24. The van der Waals surface area contributed by atoms with Gasteiger partial charge in [-0.1, -0.05) is 41.9 Å². The van der Waals surface area contributed by atoms with Crippen LogP contribution in [-0.2, 0) is 0 Å². The number of rotatable bonds is 3. The zero-order chi connectivity index (χ0) is 13.8. The molecule has 0 aromatic heterocycles. The van der Waals surface area contributed by atoms with Gasteiger partial charge >= 0.3 is 0 Å². The third kappa shape index (κ3) is 3.36. The third-order valence-electron chi connectivity index (χ3n) is 2.84. The Morgan fingerprint density at radius 3 is 2.37 bits per heavy atom. The van der Waals surface area contributed by atoms with Gasteiger partial charge in [-0.2, -0.15) is 5.26 Å². The Morgan fingerprint density at radius 2 is 1.79 bits per heavy atom. The van der Waals surface area contributed by atoms with E-state index in [1.54, 1.807) is 12.1 Å². The van der Waals surface area contributed by atoms with E-state index in [1.807, 2.05) is 30.3 Å². The van der Waals surface area contributed by atoms with Crippen molar-refractivity contribution in [2.45, 2.75) is 19.8 Å². The van der Waals surface area contributed by atoms with Gasteiger partial charge in [0.05, 0.1) is 5.56 Å². The van der Waals surface area contributed by atoms with Crippen LogP contribution >= 0.6 is 15.9 Å². The first-order valence-electron chi connectivity index (χ1n) is 6.07. The van der Waals surface area contributed by atoms with Crippen molar-refractivity contribution in [1.82, 2.24) is 0 Å². The summed E-state index contributed by atoms with van der Waals surface area (Å²) in [5, 5.41) is 9.09. The van der Waals surface area contributed by atoms with Crippen molar-refractivity contribution in [1.29, 1.82) is 5.26 Å². The van der Waals surface area contributed by atoms with E-state index in [0.29, 0.717) is 17.2 Å². The molecule has 0 amide bonds. The van der Waals surface area contributed by atoms with Crippen LogP contribution in [0.15, 0.2) is 46.9 Å². The van der Waals surface area contributed by atoms with E-state index in [2.05, 4.69) is 35.8 Å². The first kappa shape index (κ1) is 13.6. The van der Waals surface area contributed by atoms with Gasteiger partial charge in [0.1, 0.15) is 17.6 Å². The zero-order valence-electron chi connectivity index (χ0n) is 10.9. The van der Waals surface area contributed by atoms with Gasteiger partial charge in [-0.3, -0.25) is 0 Å². The minimum absolute atomic E-state index is 0.497. The number of hydrogen-bond donors (Lipinski definition) is 0. The van der Waals surface area contributed by atoms with E-state index in [9.17, 15) is 0 Å². The van der Waals surface area contributed by atoms with Gasteiger partial charge in [0.25, 0.3) is 0 Å². The van der Waals surface area contributed by atoms with E-state index in [4.69, 9.17) is 10.00 Å². The number of nitriles is 1. The predicted molar refractivity (Wildman–Crippen MR) is 79.5 cm³/mol. The second-order valence-corrected chi connectivity index (χ2v) is 5.49. The fraction of sp³-hybridized carbons (Fsp3) is 0.188. The van der Waals surface area contributed by atoms with Crippen LogP contribution in [0.2, 0.25) is 0 Å². The summed E-state index contributed by atoms with van der Waals surface area (Å²) >= 11 is 3.34. The summed E-state index contributed by atoms with van der Waals surface area (Å²) in [6, 6.07) is 15.5. The van der Waals surface area contributed by atoms with Crippen molar-refractivity contribution in [3.63, 3.8) is 0 Å². The highest BCUT2D eigenvalue weighted by molar-refractivity contribution is 9.10. The fourth-order valence-electron chi connectivity index (χ4n) is 1.73. The Kier molecular flexibility index (Phi) is 4.24. The standard InChI is InChI=1S/C16H14BrNO/c1-11(2)12-3-6-15(7-4-12)19-16-8-5-14(17)9-13(16)10-18/h3-9,11H,1-2H3. The van der Waals surface area contributed by atoms with Gasteiger partial charge in [0, 0.05) is 4.47 Å². The lowest BCUT2D eigenvalue weighted by atomic mass is 10.0. The Balaban J connectivity index is 2.24. The third-order valence-corrected chi connectivity index (χ3v) is 3.33. The van der Waals surface area contributed by atoms with E-state index in [0.717, 1.165) is 10.2 Å². The molecular formula is C16H14BrNO. The number of nitrogens with zero attached hydrogens (tertiary/aromatic N) is 1. The van der Waals surface area contributed by atoms with Gasteiger partial charge in [0.15, 0.2) is 0 Å². The van der Waals surface area contributed by atoms with Crippen LogP contribution in [0.5, 0.6) is 11.5 Å². The second kappa shape index (κ2) is 5.90. The molecule has 0 N–H and O–H groups in total. The minimum Gasteiger partial charge on any atom is -0.456 e. The Morgan fingerprint density at radius 1 is 1.11 bits per heavy atom. The largest absolute Gasteiger partial charge is 0.456 e. The molecule has 2 rings (SSSR count). The van der Waals surface area contributed by atoms with E-state index >= 15 is 0 Å². The molecule has 3 heteroatoms. The van der Waals surface area contributed by atoms with Crippen molar-refractivity contribution in [3.8, 4) is 17.6 Å². The molecule has 0 fully saturated rings. The molecule has 2 nitrogen and oxygen atoms in total.